The highest BCUT2D eigenvalue weighted by Gasteiger charge is 2.06. The number of benzene rings is 1. The van der Waals surface area contributed by atoms with E-state index in [4.69, 9.17) is 4.74 Å². The van der Waals surface area contributed by atoms with Gasteiger partial charge < -0.3 is 4.74 Å². The van der Waals surface area contributed by atoms with Gasteiger partial charge in [0.1, 0.15) is 0 Å². The Kier molecular flexibility index (Phi) is 2.83. The summed E-state index contributed by atoms with van der Waals surface area (Å²) in [6.07, 6.45) is 0. The molecule has 0 unspecified atom stereocenters. The molecule has 1 heterocycles. The van der Waals surface area contributed by atoms with Crippen molar-refractivity contribution in [2.75, 3.05) is 7.11 Å². The maximum Gasteiger partial charge on any atom is 0.0902 e. The van der Waals surface area contributed by atoms with Gasteiger partial charge in [0.05, 0.1) is 18.0 Å². The molecule has 0 saturated heterocycles. The minimum Gasteiger partial charge on any atom is -0.378 e. The summed E-state index contributed by atoms with van der Waals surface area (Å²) in [5.74, 6) is 0. The van der Waals surface area contributed by atoms with Crippen LogP contribution in [0.5, 0.6) is 0 Å². The number of ether oxygens (including phenoxy) is 1. The van der Waals surface area contributed by atoms with Crippen molar-refractivity contribution in [2.24, 2.45) is 7.05 Å². The van der Waals surface area contributed by atoms with E-state index in [1.807, 2.05) is 29.9 Å². The van der Waals surface area contributed by atoms with Crippen molar-refractivity contribution in [3.63, 3.8) is 0 Å². The highest BCUT2D eigenvalue weighted by molar-refractivity contribution is 5.59. The van der Waals surface area contributed by atoms with E-state index in [-0.39, 0.29) is 0 Å². The van der Waals surface area contributed by atoms with E-state index in [2.05, 4.69) is 23.3 Å². The summed E-state index contributed by atoms with van der Waals surface area (Å²) in [4.78, 5) is 0. The molecule has 3 nitrogen and oxygen atoms in total. The minimum absolute atomic E-state index is 0.556. The van der Waals surface area contributed by atoms with Crippen LogP contribution in [0.15, 0.2) is 36.4 Å². The molecule has 0 radical (unpaired) electrons. The molecule has 0 atom stereocenters. The van der Waals surface area contributed by atoms with Crippen LogP contribution in [0.1, 0.15) is 5.69 Å². The summed E-state index contributed by atoms with van der Waals surface area (Å²) in [5.41, 5.74) is 3.25. The average molecular weight is 202 g/mol. The number of aromatic nitrogens is 2. The summed E-state index contributed by atoms with van der Waals surface area (Å²) in [5, 5.41) is 4.37. The molecule has 0 aliphatic rings. The average Bonchev–Trinajstić information content (AvgIpc) is 2.61. The van der Waals surface area contributed by atoms with Crippen molar-refractivity contribution in [1.29, 1.82) is 0 Å². The molecule has 0 saturated carbocycles. The molecule has 0 amide bonds. The number of aryl methyl sites for hydroxylation is 1. The van der Waals surface area contributed by atoms with Crippen molar-refractivity contribution >= 4 is 0 Å². The van der Waals surface area contributed by atoms with Crippen molar-refractivity contribution in [1.82, 2.24) is 9.78 Å². The molecular weight excluding hydrogens is 188 g/mol. The SMILES string of the molecule is COCc1cc(-c2ccccc2)n(C)n1. The van der Waals surface area contributed by atoms with Gasteiger partial charge in [0, 0.05) is 14.2 Å². The lowest BCUT2D eigenvalue weighted by Gasteiger charge is -1.99. The quantitative estimate of drug-likeness (QED) is 0.763. The van der Waals surface area contributed by atoms with E-state index < -0.39 is 0 Å². The predicted octanol–water partition coefficient (Wildman–Crippen LogP) is 2.23. The number of rotatable bonds is 3. The minimum atomic E-state index is 0.556. The molecule has 2 aromatic rings. The predicted molar refractivity (Wildman–Crippen MR) is 59.4 cm³/mol. The molecule has 15 heavy (non-hydrogen) atoms. The smallest absolute Gasteiger partial charge is 0.0902 e. The van der Waals surface area contributed by atoms with Gasteiger partial charge in [-0.15, -0.1) is 0 Å². The first-order chi connectivity index (χ1) is 7.31. The van der Waals surface area contributed by atoms with Gasteiger partial charge in [-0.3, -0.25) is 4.68 Å². The van der Waals surface area contributed by atoms with E-state index in [1.54, 1.807) is 7.11 Å². The molecule has 0 N–H and O–H groups in total. The maximum absolute atomic E-state index is 5.06. The van der Waals surface area contributed by atoms with E-state index in [0.717, 1.165) is 11.4 Å². The Morgan fingerprint density at radius 3 is 2.67 bits per heavy atom. The van der Waals surface area contributed by atoms with E-state index >= 15 is 0 Å². The largest absolute Gasteiger partial charge is 0.378 e. The number of methoxy groups -OCH3 is 1. The Morgan fingerprint density at radius 1 is 1.27 bits per heavy atom. The fraction of sp³-hybridized carbons (Fsp3) is 0.250. The lowest BCUT2D eigenvalue weighted by atomic mass is 10.1. The molecule has 0 aliphatic heterocycles. The molecule has 2 rings (SSSR count). The first-order valence-corrected chi connectivity index (χ1v) is 4.88. The van der Waals surface area contributed by atoms with Crippen LogP contribution in [-0.2, 0) is 18.4 Å². The molecule has 3 heteroatoms. The number of nitrogens with zero attached hydrogens (tertiary/aromatic N) is 2. The molecule has 0 fully saturated rings. The van der Waals surface area contributed by atoms with Crippen molar-refractivity contribution < 1.29 is 4.74 Å². The summed E-state index contributed by atoms with van der Waals surface area (Å²) in [7, 11) is 3.62. The van der Waals surface area contributed by atoms with Gasteiger partial charge in [-0.25, -0.2) is 0 Å². The fourth-order valence-electron chi connectivity index (χ4n) is 1.62. The molecule has 78 valence electrons. The van der Waals surface area contributed by atoms with E-state index in [0.29, 0.717) is 6.61 Å². The molecular formula is C12H14N2O. The van der Waals surface area contributed by atoms with Crippen LogP contribution in [0.4, 0.5) is 0 Å². The summed E-state index contributed by atoms with van der Waals surface area (Å²) in [6, 6.07) is 12.3. The monoisotopic (exact) mass is 202 g/mol. The van der Waals surface area contributed by atoms with Crippen molar-refractivity contribution in [3.8, 4) is 11.3 Å². The first-order valence-electron chi connectivity index (χ1n) is 4.88. The van der Waals surface area contributed by atoms with Crippen LogP contribution in [0.3, 0.4) is 0 Å². The molecule has 0 spiro atoms. The summed E-state index contributed by atoms with van der Waals surface area (Å²) in [6.45, 7) is 0.556. The Labute approximate surface area is 89.3 Å². The van der Waals surface area contributed by atoms with Crippen LogP contribution in [0.25, 0.3) is 11.3 Å². The third-order valence-corrected chi connectivity index (χ3v) is 2.29. The molecule has 0 bridgehead atoms. The number of hydrogen-bond donors (Lipinski definition) is 0. The summed E-state index contributed by atoms with van der Waals surface area (Å²) >= 11 is 0. The molecule has 1 aromatic carbocycles. The topological polar surface area (TPSA) is 27.1 Å². The van der Waals surface area contributed by atoms with Gasteiger partial charge >= 0.3 is 0 Å². The zero-order valence-electron chi connectivity index (χ0n) is 8.97. The second-order valence-corrected chi connectivity index (χ2v) is 3.44. The maximum atomic E-state index is 5.06. The zero-order chi connectivity index (χ0) is 10.7. The second-order valence-electron chi connectivity index (χ2n) is 3.44. The van der Waals surface area contributed by atoms with Gasteiger partial charge in [-0.05, 0) is 11.6 Å². The highest BCUT2D eigenvalue weighted by atomic mass is 16.5. The van der Waals surface area contributed by atoms with Crippen LogP contribution < -0.4 is 0 Å². The number of hydrogen-bond acceptors (Lipinski definition) is 2. The molecule has 1 aromatic heterocycles. The third-order valence-electron chi connectivity index (χ3n) is 2.29. The zero-order valence-corrected chi connectivity index (χ0v) is 8.97. The summed E-state index contributed by atoms with van der Waals surface area (Å²) < 4.78 is 6.93. The van der Waals surface area contributed by atoms with E-state index in [9.17, 15) is 0 Å². The Bertz CT molecular complexity index is 434. The van der Waals surface area contributed by atoms with Gasteiger partial charge in [-0.1, -0.05) is 30.3 Å². The Morgan fingerprint density at radius 2 is 2.00 bits per heavy atom. The van der Waals surface area contributed by atoms with E-state index in [1.165, 1.54) is 5.56 Å². The second kappa shape index (κ2) is 4.28. The first kappa shape index (κ1) is 9.93. The van der Waals surface area contributed by atoms with Crippen LogP contribution in [0.2, 0.25) is 0 Å². The Hall–Kier alpha value is -1.61. The van der Waals surface area contributed by atoms with Gasteiger partial charge in [0.25, 0.3) is 0 Å². The highest BCUT2D eigenvalue weighted by Crippen LogP contribution is 2.19. The van der Waals surface area contributed by atoms with Crippen LogP contribution in [0, 0.1) is 0 Å². The molecule has 0 aliphatic carbocycles. The fourth-order valence-corrected chi connectivity index (χ4v) is 1.62. The lowest BCUT2D eigenvalue weighted by Crippen LogP contribution is -1.95. The van der Waals surface area contributed by atoms with Crippen LogP contribution in [-0.4, -0.2) is 16.9 Å². The normalized spacial score (nSPS) is 10.5. The third kappa shape index (κ3) is 2.07. The standard InChI is InChI=1S/C12H14N2O/c1-14-12(8-11(13-14)9-15-2)10-6-4-3-5-7-10/h3-8H,9H2,1-2H3. The van der Waals surface area contributed by atoms with Crippen molar-refractivity contribution in [3.05, 3.63) is 42.1 Å². The Balaban J connectivity index is 2.36. The van der Waals surface area contributed by atoms with Gasteiger partial charge in [0.15, 0.2) is 0 Å². The van der Waals surface area contributed by atoms with Crippen LogP contribution >= 0.6 is 0 Å². The van der Waals surface area contributed by atoms with Gasteiger partial charge in [-0.2, -0.15) is 5.10 Å². The lowest BCUT2D eigenvalue weighted by molar-refractivity contribution is 0.181. The van der Waals surface area contributed by atoms with Gasteiger partial charge in [0.2, 0.25) is 0 Å². The van der Waals surface area contributed by atoms with Crippen molar-refractivity contribution in [2.45, 2.75) is 6.61 Å².